The minimum absolute atomic E-state index is 0.0218. The van der Waals surface area contributed by atoms with E-state index >= 15 is 0 Å². The maximum absolute atomic E-state index is 10.5. The maximum atomic E-state index is 10.5. The number of rotatable bonds is 6. The van der Waals surface area contributed by atoms with Crippen molar-refractivity contribution in [2.45, 2.75) is 12.8 Å². The van der Waals surface area contributed by atoms with Gasteiger partial charge in [-0.05, 0) is 18.9 Å². The molecule has 0 spiro atoms. The van der Waals surface area contributed by atoms with Gasteiger partial charge in [-0.2, -0.15) is 0 Å². The smallest absolute Gasteiger partial charge is 0.335 e. The number of allylic oxidation sites excluding steroid dienone is 1. The first kappa shape index (κ1) is 12.4. The number of carboxylic acid groups (broad SMARTS) is 2. The molecular formula is C9H12O5. The molecule has 3 N–H and O–H groups in total. The van der Waals surface area contributed by atoms with Crippen molar-refractivity contribution in [3.05, 3.63) is 23.8 Å². The van der Waals surface area contributed by atoms with Crippen LogP contribution in [-0.4, -0.2) is 33.9 Å². The standard InChI is InChI=1S/C9H12O5/c10-6-2-1-3-7(9(13)14)4-5-8(11)12/h3-5,10H,1-2,6H2,(H,11,12)(H,13,14). The third-order valence-electron chi connectivity index (χ3n) is 1.38. The number of aliphatic hydroxyl groups is 1. The van der Waals surface area contributed by atoms with Crippen LogP contribution in [0.15, 0.2) is 23.8 Å². The van der Waals surface area contributed by atoms with E-state index < -0.39 is 11.9 Å². The molecule has 0 atom stereocenters. The van der Waals surface area contributed by atoms with Gasteiger partial charge < -0.3 is 15.3 Å². The summed E-state index contributed by atoms with van der Waals surface area (Å²) < 4.78 is 0. The van der Waals surface area contributed by atoms with Crippen molar-refractivity contribution in [3.8, 4) is 0 Å². The second kappa shape index (κ2) is 6.85. The molecule has 0 aliphatic rings. The molecule has 0 amide bonds. The van der Waals surface area contributed by atoms with Crippen LogP contribution in [0.4, 0.5) is 0 Å². The summed E-state index contributed by atoms with van der Waals surface area (Å²) in [5.74, 6) is -2.38. The third-order valence-corrected chi connectivity index (χ3v) is 1.38. The first-order valence-corrected chi connectivity index (χ1v) is 4.03. The van der Waals surface area contributed by atoms with Crippen molar-refractivity contribution in [1.29, 1.82) is 0 Å². The lowest BCUT2D eigenvalue weighted by Gasteiger charge is -1.94. The van der Waals surface area contributed by atoms with E-state index in [0.717, 1.165) is 12.2 Å². The van der Waals surface area contributed by atoms with Crippen LogP contribution in [0.2, 0.25) is 0 Å². The Morgan fingerprint density at radius 3 is 2.21 bits per heavy atom. The van der Waals surface area contributed by atoms with Crippen LogP contribution in [0.3, 0.4) is 0 Å². The lowest BCUT2D eigenvalue weighted by atomic mass is 10.2. The lowest BCUT2D eigenvalue weighted by Crippen LogP contribution is -1.99. The number of carboxylic acids is 2. The summed E-state index contributed by atoms with van der Waals surface area (Å²) in [5, 5.41) is 25.3. The van der Waals surface area contributed by atoms with E-state index in [0.29, 0.717) is 12.8 Å². The largest absolute Gasteiger partial charge is 0.478 e. The molecule has 0 rings (SSSR count). The molecule has 0 heterocycles. The summed E-state index contributed by atoms with van der Waals surface area (Å²) >= 11 is 0. The minimum Gasteiger partial charge on any atom is -0.478 e. The average molecular weight is 200 g/mol. The Morgan fingerprint density at radius 2 is 1.79 bits per heavy atom. The number of hydrogen-bond donors (Lipinski definition) is 3. The molecule has 0 aromatic heterocycles. The summed E-state index contributed by atoms with van der Waals surface area (Å²) in [4.78, 5) is 20.6. The molecular weight excluding hydrogens is 188 g/mol. The van der Waals surface area contributed by atoms with Crippen LogP contribution in [0.25, 0.3) is 0 Å². The zero-order valence-electron chi connectivity index (χ0n) is 7.51. The second-order valence-corrected chi connectivity index (χ2v) is 2.50. The van der Waals surface area contributed by atoms with Crippen LogP contribution in [0.1, 0.15) is 12.8 Å². The Hall–Kier alpha value is -1.62. The second-order valence-electron chi connectivity index (χ2n) is 2.50. The van der Waals surface area contributed by atoms with E-state index in [1.807, 2.05) is 0 Å². The van der Waals surface area contributed by atoms with E-state index in [2.05, 4.69) is 0 Å². The van der Waals surface area contributed by atoms with E-state index in [9.17, 15) is 9.59 Å². The molecule has 0 bridgehead atoms. The quantitative estimate of drug-likeness (QED) is 0.328. The summed E-state index contributed by atoms with van der Waals surface area (Å²) in [6.07, 6.45) is 4.01. The SMILES string of the molecule is O=C(O)C=CC(=CCCCO)C(=O)O. The van der Waals surface area contributed by atoms with Gasteiger partial charge in [0.25, 0.3) is 0 Å². The van der Waals surface area contributed by atoms with Crippen molar-refractivity contribution < 1.29 is 24.9 Å². The normalized spacial score (nSPS) is 11.9. The molecule has 5 heteroatoms. The number of carbonyl (C=O) groups is 2. The highest BCUT2D eigenvalue weighted by Gasteiger charge is 2.02. The number of unbranched alkanes of at least 4 members (excludes halogenated alkanes) is 1. The van der Waals surface area contributed by atoms with E-state index in [1.165, 1.54) is 6.08 Å². The van der Waals surface area contributed by atoms with Gasteiger partial charge in [-0.1, -0.05) is 6.08 Å². The van der Waals surface area contributed by atoms with Crippen molar-refractivity contribution in [3.63, 3.8) is 0 Å². The molecule has 0 aromatic carbocycles. The predicted molar refractivity (Wildman–Crippen MR) is 48.8 cm³/mol. The van der Waals surface area contributed by atoms with Gasteiger partial charge in [0.2, 0.25) is 0 Å². The molecule has 0 radical (unpaired) electrons. The topological polar surface area (TPSA) is 94.8 Å². The number of aliphatic hydroxyl groups excluding tert-OH is 1. The van der Waals surface area contributed by atoms with Crippen molar-refractivity contribution in [2.24, 2.45) is 0 Å². The molecule has 0 aromatic rings. The third kappa shape index (κ3) is 5.96. The fourth-order valence-electron chi connectivity index (χ4n) is 0.737. The predicted octanol–water partition coefficient (Wildman–Crippen LogP) is 0.411. The van der Waals surface area contributed by atoms with Gasteiger partial charge in [0.15, 0.2) is 0 Å². The average Bonchev–Trinajstić information content (AvgIpc) is 2.10. The molecule has 0 saturated carbocycles. The molecule has 78 valence electrons. The van der Waals surface area contributed by atoms with Gasteiger partial charge >= 0.3 is 11.9 Å². The first-order chi connectivity index (χ1) is 6.57. The molecule has 0 unspecified atom stereocenters. The minimum atomic E-state index is -1.20. The van der Waals surface area contributed by atoms with Crippen LogP contribution >= 0.6 is 0 Å². The Balaban J connectivity index is 4.36. The first-order valence-electron chi connectivity index (χ1n) is 4.03. The van der Waals surface area contributed by atoms with Gasteiger partial charge in [0.05, 0.1) is 5.57 Å². The number of hydrogen-bond acceptors (Lipinski definition) is 3. The zero-order chi connectivity index (χ0) is 11.0. The van der Waals surface area contributed by atoms with Crippen molar-refractivity contribution in [1.82, 2.24) is 0 Å². The van der Waals surface area contributed by atoms with Gasteiger partial charge in [0.1, 0.15) is 0 Å². The van der Waals surface area contributed by atoms with Gasteiger partial charge in [0, 0.05) is 12.7 Å². The Labute approximate surface area is 81.0 Å². The van der Waals surface area contributed by atoms with Crippen molar-refractivity contribution in [2.75, 3.05) is 6.61 Å². The van der Waals surface area contributed by atoms with Crippen molar-refractivity contribution >= 4 is 11.9 Å². The maximum Gasteiger partial charge on any atom is 0.335 e. The molecule has 0 fully saturated rings. The van der Waals surface area contributed by atoms with Gasteiger partial charge in [-0.15, -0.1) is 0 Å². The summed E-state index contributed by atoms with van der Waals surface area (Å²) in [5.41, 5.74) is -0.0825. The fraction of sp³-hybridized carbons (Fsp3) is 0.333. The van der Waals surface area contributed by atoms with Crippen LogP contribution < -0.4 is 0 Å². The Bertz CT molecular complexity index is 264. The van der Waals surface area contributed by atoms with Crippen LogP contribution in [0, 0.1) is 0 Å². The van der Waals surface area contributed by atoms with Crippen LogP contribution in [-0.2, 0) is 9.59 Å². The van der Waals surface area contributed by atoms with E-state index in [-0.39, 0.29) is 12.2 Å². The highest BCUT2D eigenvalue weighted by molar-refractivity contribution is 5.92. The highest BCUT2D eigenvalue weighted by atomic mass is 16.4. The molecule has 5 nitrogen and oxygen atoms in total. The molecule has 14 heavy (non-hydrogen) atoms. The number of aliphatic carboxylic acids is 2. The summed E-state index contributed by atoms with van der Waals surface area (Å²) in [7, 11) is 0. The Kier molecular flexibility index (Phi) is 6.06. The highest BCUT2D eigenvalue weighted by Crippen LogP contribution is 2.01. The molecule has 0 aliphatic carbocycles. The fourth-order valence-corrected chi connectivity index (χ4v) is 0.737. The van der Waals surface area contributed by atoms with Crippen LogP contribution in [0.5, 0.6) is 0 Å². The van der Waals surface area contributed by atoms with E-state index in [1.54, 1.807) is 0 Å². The molecule has 0 saturated heterocycles. The summed E-state index contributed by atoms with van der Waals surface area (Å²) in [6.45, 7) is -0.0218. The van der Waals surface area contributed by atoms with E-state index in [4.69, 9.17) is 15.3 Å². The summed E-state index contributed by atoms with van der Waals surface area (Å²) in [6, 6.07) is 0. The van der Waals surface area contributed by atoms with Gasteiger partial charge in [-0.25, -0.2) is 9.59 Å². The zero-order valence-corrected chi connectivity index (χ0v) is 7.51. The monoisotopic (exact) mass is 200 g/mol. The Morgan fingerprint density at radius 1 is 1.14 bits per heavy atom. The lowest BCUT2D eigenvalue weighted by molar-refractivity contribution is -0.132. The van der Waals surface area contributed by atoms with Gasteiger partial charge in [-0.3, -0.25) is 0 Å². The molecule has 0 aliphatic heterocycles.